The molecule has 2 rings (SSSR count). The van der Waals surface area contributed by atoms with E-state index in [0.717, 1.165) is 24.3 Å². The largest absolute Gasteiger partial charge is 0.450 e. The van der Waals surface area contributed by atoms with Gasteiger partial charge in [-0.1, -0.05) is 56.9 Å². The summed E-state index contributed by atoms with van der Waals surface area (Å²) in [5.74, 6) is -1.50. The normalized spacial score (nSPS) is 20.8. The Kier molecular flexibility index (Phi) is 7.42. The summed E-state index contributed by atoms with van der Waals surface area (Å²) in [5.41, 5.74) is 1.30. The van der Waals surface area contributed by atoms with Crippen LogP contribution >= 0.6 is 0 Å². The van der Waals surface area contributed by atoms with Crippen molar-refractivity contribution in [3.8, 4) is 0 Å². The van der Waals surface area contributed by atoms with Crippen LogP contribution in [-0.2, 0) is 4.79 Å². The zero-order valence-electron chi connectivity index (χ0n) is 15.3. The highest BCUT2D eigenvalue weighted by Gasteiger charge is 2.39. The third-order valence-corrected chi connectivity index (χ3v) is 5.40. The maximum Gasteiger partial charge on any atom is 0.450 e. The van der Waals surface area contributed by atoms with Crippen molar-refractivity contribution in [2.75, 3.05) is 0 Å². The van der Waals surface area contributed by atoms with Crippen molar-refractivity contribution in [1.82, 2.24) is 0 Å². The van der Waals surface area contributed by atoms with E-state index in [-0.39, 0.29) is 5.56 Å². The highest BCUT2D eigenvalue weighted by Crippen LogP contribution is 2.37. The molecule has 1 aliphatic carbocycles. The fourth-order valence-corrected chi connectivity index (χ4v) is 3.76. The number of unbranched alkanes of at least 4 members (excludes halogenated alkanes) is 2. The Morgan fingerprint density at radius 1 is 1.00 bits per heavy atom. The molecule has 0 bridgehead atoms. The van der Waals surface area contributed by atoms with Gasteiger partial charge in [0, 0.05) is 5.56 Å². The number of benzene rings is 1. The van der Waals surface area contributed by atoms with Crippen LogP contribution in [0.5, 0.6) is 0 Å². The topological polar surface area (TPSA) is 34.1 Å². The minimum absolute atomic E-state index is 0.166. The average molecular weight is 368 g/mol. The minimum atomic E-state index is -4.95. The number of carbonyl (C=O) groups excluding carboxylic acids is 2. The molecule has 26 heavy (non-hydrogen) atoms. The summed E-state index contributed by atoms with van der Waals surface area (Å²) in [6.45, 7) is 2.21. The van der Waals surface area contributed by atoms with Gasteiger partial charge in [0.1, 0.15) is 0 Å². The maximum absolute atomic E-state index is 12.3. The Labute approximate surface area is 153 Å². The highest BCUT2D eigenvalue weighted by atomic mass is 19.4. The molecule has 0 heterocycles. The number of carbonyl (C=O) groups is 2. The molecule has 0 aliphatic heterocycles. The third-order valence-electron chi connectivity index (χ3n) is 5.40. The van der Waals surface area contributed by atoms with Gasteiger partial charge in [-0.2, -0.15) is 13.2 Å². The molecule has 144 valence electrons. The van der Waals surface area contributed by atoms with Crippen LogP contribution in [0.4, 0.5) is 13.2 Å². The molecule has 5 heteroatoms. The van der Waals surface area contributed by atoms with Gasteiger partial charge in [-0.15, -0.1) is 0 Å². The highest BCUT2D eigenvalue weighted by molar-refractivity contribution is 6.09. The molecule has 0 N–H and O–H groups in total. The first-order valence-corrected chi connectivity index (χ1v) is 9.54. The van der Waals surface area contributed by atoms with Gasteiger partial charge in [0.2, 0.25) is 5.78 Å². The molecule has 0 unspecified atom stereocenters. The fraction of sp³-hybridized carbons (Fsp3) is 0.619. The fourth-order valence-electron chi connectivity index (χ4n) is 3.76. The Bertz CT molecular complexity index is 597. The predicted molar refractivity (Wildman–Crippen MR) is 95.3 cm³/mol. The van der Waals surface area contributed by atoms with Gasteiger partial charge < -0.3 is 0 Å². The van der Waals surface area contributed by atoms with Crippen LogP contribution in [0, 0.1) is 5.92 Å². The van der Waals surface area contributed by atoms with Gasteiger partial charge in [-0.3, -0.25) is 9.59 Å². The predicted octanol–water partition coefficient (Wildman–Crippen LogP) is 6.24. The van der Waals surface area contributed by atoms with Crippen LogP contribution in [-0.4, -0.2) is 17.7 Å². The Morgan fingerprint density at radius 2 is 1.62 bits per heavy atom. The molecule has 2 nitrogen and oxygen atoms in total. The monoisotopic (exact) mass is 368 g/mol. The molecule has 0 atom stereocenters. The van der Waals surface area contributed by atoms with Crippen LogP contribution in [0.3, 0.4) is 0 Å². The Balaban J connectivity index is 1.86. The van der Waals surface area contributed by atoms with Crippen molar-refractivity contribution in [3.63, 3.8) is 0 Å². The number of ketones is 2. The van der Waals surface area contributed by atoms with E-state index < -0.39 is 24.2 Å². The molecule has 0 spiro atoms. The third kappa shape index (κ3) is 5.96. The Hall–Kier alpha value is -1.65. The smallest absolute Gasteiger partial charge is 0.294 e. The van der Waals surface area contributed by atoms with E-state index >= 15 is 0 Å². The summed E-state index contributed by atoms with van der Waals surface area (Å²) in [7, 11) is 0. The van der Waals surface area contributed by atoms with Crippen molar-refractivity contribution >= 4 is 11.6 Å². The maximum atomic E-state index is 12.3. The van der Waals surface area contributed by atoms with Gasteiger partial charge in [-0.25, -0.2) is 0 Å². The number of alkyl halides is 3. The van der Waals surface area contributed by atoms with E-state index in [1.54, 1.807) is 12.1 Å². The first-order chi connectivity index (χ1) is 12.3. The molecule has 0 radical (unpaired) electrons. The Morgan fingerprint density at radius 3 is 2.15 bits per heavy atom. The van der Waals surface area contributed by atoms with Gasteiger partial charge in [0.25, 0.3) is 0 Å². The number of Topliss-reactive ketones (excluding diaryl/α,β-unsaturated/α-hetero) is 2. The van der Waals surface area contributed by atoms with E-state index in [0.29, 0.717) is 5.92 Å². The standard InChI is InChI=1S/C21H27F3O2/c1-2-3-4-5-15-6-8-16(9-7-15)17-10-12-18(13-11-17)19(25)14-20(26)21(22,23)24/h10-13,15-16H,2-9,14H2,1H3. The first-order valence-electron chi connectivity index (χ1n) is 9.54. The second-order valence-corrected chi connectivity index (χ2v) is 7.36. The second kappa shape index (κ2) is 9.33. The average Bonchev–Trinajstić information content (AvgIpc) is 2.62. The van der Waals surface area contributed by atoms with E-state index in [4.69, 9.17) is 0 Å². The zero-order valence-corrected chi connectivity index (χ0v) is 15.3. The number of hydrogen-bond acceptors (Lipinski definition) is 2. The van der Waals surface area contributed by atoms with Crippen LogP contribution in [0.15, 0.2) is 24.3 Å². The van der Waals surface area contributed by atoms with Crippen molar-refractivity contribution in [1.29, 1.82) is 0 Å². The minimum Gasteiger partial charge on any atom is -0.294 e. The molecular formula is C21H27F3O2. The van der Waals surface area contributed by atoms with Crippen LogP contribution in [0.25, 0.3) is 0 Å². The molecular weight excluding hydrogens is 341 g/mol. The first kappa shape index (κ1) is 20.7. The number of halogens is 3. The second-order valence-electron chi connectivity index (χ2n) is 7.36. The van der Waals surface area contributed by atoms with Crippen molar-refractivity contribution in [2.45, 2.75) is 76.8 Å². The lowest BCUT2D eigenvalue weighted by Crippen LogP contribution is -2.25. The van der Waals surface area contributed by atoms with Crippen molar-refractivity contribution in [2.24, 2.45) is 5.92 Å². The number of rotatable bonds is 8. The van der Waals surface area contributed by atoms with E-state index in [1.807, 2.05) is 12.1 Å². The van der Waals surface area contributed by atoms with E-state index in [9.17, 15) is 22.8 Å². The quantitative estimate of drug-likeness (QED) is 0.309. The lowest BCUT2D eigenvalue weighted by molar-refractivity contribution is -0.170. The molecule has 0 aromatic heterocycles. The molecule has 1 aliphatic rings. The van der Waals surface area contributed by atoms with Crippen LogP contribution in [0.2, 0.25) is 0 Å². The zero-order chi connectivity index (χ0) is 19.2. The van der Waals surface area contributed by atoms with Crippen molar-refractivity contribution < 1.29 is 22.8 Å². The van der Waals surface area contributed by atoms with Crippen LogP contribution < -0.4 is 0 Å². The SMILES string of the molecule is CCCCCC1CCC(c2ccc(C(=O)CC(=O)C(F)(F)F)cc2)CC1. The molecule has 1 aromatic rings. The lowest BCUT2D eigenvalue weighted by Gasteiger charge is -2.29. The van der Waals surface area contributed by atoms with Crippen molar-refractivity contribution in [3.05, 3.63) is 35.4 Å². The number of hydrogen-bond donors (Lipinski definition) is 0. The lowest BCUT2D eigenvalue weighted by atomic mass is 9.77. The summed E-state index contributed by atoms with van der Waals surface area (Å²) >= 11 is 0. The summed E-state index contributed by atoms with van der Waals surface area (Å²) in [6.07, 6.45) is 3.76. The van der Waals surface area contributed by atoms with Gasteiger partial charge in [0.05, 0.1) is 6.42 Å². The molecule has 1 saturated carbocycles. The summed E-state index contributed by atoms with van der Waals surface area (Å²) < 4.78 is 36.8. The van der Waals surface area contributed by atoms with E-state index in [2.05, 4.69) is 6.92 Å². The van der Waals surface area contributed by atoms with Gasteiger partial charge >= 0.3 is 6.18 Å². The van der Waals surface area contributed by atoms with Gasteiger partial charge in [0.15, 0.2) is 5.78 Å². The molecule has 1 fully saturated rings. The molecule has 0 amide bonds. The van der Waals surface area contributed by atoms with Gasteiger partial charge in [-0.05, 0) is 43.1 Å². The molecule has 0 saturated heterocycles. The summed E-state index contributed by atoms with van der Waals surface area (Å²) in [5, 5.41) is 0. The van der Waals surface area contributed by atoms with E-state index in [1.165, 1.54) is 38.5 Å². The summed E-state index contributed by atoms with van der Waals surface area (Å²) in [4.78, 5) is 22.8. The van der Waals surface area contributed by atoms with Crippen LogP contribution in [0.1, 0.15) is 86.6 Å². The molecule has 1 aromatic carbocycles. The summed E-state index contributed by atoms with van der Waals surface area (Å²) in [6, 6.07) is 6.75.